The minimum atomic E-state index is -0.235. The molecule has 88 valence electrons. The molecule has 0 fully saturated rings. The number of carbonyl (C=O) groups excluding carboxylic acids is 1. The SMILES string of the molecule is CNCC(=O)N(C)CCc1cccc(F)c1. The van der Waals surface area contributed by atoms with Gasteiger partial charge in [0, 0.05) is 13.6 Å². The lowest BCUT2D eigenvalue weighted by Crippen LogP contribution is -2.35. The Bertz CT molecular complexity index is 355. The van der Waals surface area contributed by atoms with Crippen molar-refractivity contribution in [3.63, 3.8) is 0 Å². The number of hydrogen-bond donors (Lipinski definition) is 1. The molecule has 1 aromatic rings. The van der Waals surface area contributed by atoms with Crippen LogP contribution in [0.5, 0.6) is 0 Å². The maximum absolute atomic E-state index is 12.9. The minimum absolute atomic E-state index is 0.0407. The van der Waals surface area contributed by atoms with Gasteiger partial charge in [-0.3, -0.25) is 4.79 Å². The predicted octanol–water partition coefficient (Wildman–Crippen LogP) is 1.05. The van der Waals surface area contributed by atoms with E-state index in [-0.39, 0.29) is 11.7 Å². The Morgan fingerprint density at radius 2 is 2.25 bits per heavy atom. The van der Waals surface area contributed by atoms with Crippen molar-refractivity contribution < 1.29 is 9.18 Å². The predicted molar refractivity (Wildman–Crippen MR) is 61.7 cm³/mol. The molecule has 3 nitrogen and oxygen atoms in total. The van der Waals surface area contributed by atoms with Crippen molar-refractivity contribution in [1.29, 1.82) is 0 Å². The first-order chi connectivity index (χ1) is 7.63. The number of halogens is 1. The smallest absolute Gasteiger partial charge is 0.236 e. The van der Waals surface area contributed by atoms with E-state index in [0.29, 0.717) is 19.5 Å². The standard InChI is InChI=1S/C12H17FN2O/c1-14-9-12(16)15(2)7-6-10-4-3-5-11(13)8-10/h3-5,8,14H,6-7,9H2,1-2H3. The molecule has 0 aromatic heterocycles. The van der Waals surface area contributed by atoms with Crippen molar-refractivity contribution in [1.82, 2.24) is 10.2 Å². The van der Waals surface area contributed by atoms with E-state index in [0.717, 1.165) is 5.56 Å². The average molecular weight is 224 g/mol. The lowest BCUT2D eigenvalue weighted by atomic mass is 10.1. The van der Waals surface area contributed by atoms with E-state index < -0.39 is 0 Å². The van der Waals surface area contributed by atoms with Gasteiger partial charge in [0.1, 0.15) is 5.82 Å². The van der Waals surface area contributed by atoms with Gasteiger partial charge in [0.05, 0.1) is 6.54 Å². The van der Waals surface area contributed by atoms with Gasteiger partial charge in [0.2, 0.25) is 5.91 Å². The highest BCUT2D eigenvalue weighted by Gasteiger charge is 2.06. The second-order valence-corrected chi connectivity index (χ2v) is 3.73. The van der Waals surface area contributed by atoms with Crippen LogP contribution in [0.1, 0.15) is 5.56 Å². The lowest BCUT2D eigenvalue weighted by Gasteiger charge is -2.16. The number of carbonyl (C=O) groups is 1. The maximum Gasteiger partial charge on any atom is 0.236 e. The number of rotatable bonds is 5. The number of amides is 1. The third kappa shape index (κ3) is 3.98. The summed E-state index contributed by atoms with van der Waals surface area (Å²) < 4.78 is 12.9. The third-order valence-electron chi connectivity index (χ3n) is 2.38. The first kappa shape index (κ1) is 12.6. The van der Waals surface area contributed by atoms with Gasteiger partial charge in [0.25, 0.3) is 0 Å². The van der Waals surface area contributed by atoms with Crippen molar-refractivity contribution in [2.45, 2.75) is 6.42 Å². The number of hydrogen-bond acceptors (Lipinski definition) is 2. The van der Waals surface area contributed by atoms with Gasteiger partial charge in [-0.15, -0.1) is 0 Å². The Kier molecular flexibility index (Phi) is 4.92. The highest BCUT2D eigenvalue weighted by molar-refractivity contribution is 5.77. The van der Waals surface area contributed by atoms with Crippen molar-refractivity contribution in [3.05, 3.63) is 35.6 Å². The van der Waals surface area contributed by atoms with Crippen LogP contribution >= 0.6 is 0 Å². The highest BCUT2D eigenvalue weighted by Crippen LogP contribution is 2.04. The van der Waals surface area contributed by atoms with Crippen molar-refractivity contribution in [3.8, 4) is 0 Å². The van der Waals surface area contributed by atoms with Gasteiger partial charge in [-0.2, -0.15) is 0 Å². The number of likely N-dealkylation sites (N-methyl/N-ethyl adjacent to an activating group) is 2. The molecule has 0 heterocycles. The van der Waals surface area contributed by atoms with E-state index in [2.05, 4.69) is 5.32 Å². The second kappa shape index (κ2) is 6.23. The zero-order valence-corrected chi connectivity index (χ0v) is 9.66. The molecule has 1 N–H and O–H groups in total. The molecular formula is C12H17FN2O. The molecule has 0 unspecified atom stereocenters. The van der Waals surface area contributed by atoms with E-state index in [9.17, 15) is 9.18 Å². The third-order valence-corrected chi connectivity index (χ3v) is 2.38. The van der Waals surface area contributed by atoms with E-state index >= 15 is 0 Å². The molecule has 0 aliphatic rings. The molecule has 0 saturated heterocycles. The Balaban J connectivity index is 2.42. The van der Waals surface area contributed by atoms with Crippen LogP contribution in [0.2, 0.25) is 0 Å². The topological polar surface area (TPSA) is 32.3 Å². The Hall–Kier alpha value is -1.42. The molecule has 16 heavy (non-hydrogen) atoms. The Morgan fingerprint density at radius 3 is 2.88 bits per heavy atom. The van der Waals surface area contributed by atoms with Crippen LogP contribution in [0.4, 0.5) is 4.39 Å². The fourth-order valence-electron chi connectivity index (χ4n) is 1.40. The minimum Gasteiger partial charge on any atom is -0.344 e. The van der Waals surface area contributed by atoms with Crippen molar-refractivity contribution in [2.24, 2.45) is 0 Å². The zero-order chi connectivity index (χ0) is 12.0. The van der Waals surface area contributed by atoms with Crippen LogP contribution in [0.15, 0.2) is 24.3 Å². The van der Waals surface area contributed by atoms with Crippen LogP contribution in [-0.4, -0.2) is 38.0 Å². The van der Waals surface area contributed by atoms with Gasteiger partial charge in [-0.25, -0.2) is 4.39 Å². The van der Waals surface area contributed by atoms with E-state index in [1.54, 1.807) is 25.1 Å². The number of benzene rings is 1. The maximum atomic E-state index is 12.9. The number of nitrogens with zero attached hydrogens (tertiary/aromatic N) is 1. The van der Waals surface area contributed by atoms with Gasteiger partial charge in [-0.05, 0) is 31.2 Å². The van der Waals surface area contributed by atoms with Crippen LogP contribution < -0.4 is 5.32 Å². The van der Waals surface area contributed by atoms with Gasteiger partial charge in [-0.1, -0.05) is 12.1 Å². The second-order valence-electron chi connectivity index (χ2n) is 3.73. The molecular weight excluding hydrogens is 207 g/mol. The molecule has 1 amide bonds. The highest BCUT2D eigenvalue weighted by atomic mass is 19.1. The van der Waals surface area contributed by atoms with E-state index in [1.807, 2.05) is 6.07 Å². The molecule has 0 radical (unpaired) electrons. The molecule has 0 bridgehead atoms. The molecule has 0 aliphatic heterocycles. The molecule has 1 rings (SSSR count). The molecule has 0 spiro atoms. The summed E-state index contributed by atoms with van der Waals surface area (Å²) in [5.74, 6) is -0.194. The fourth-order valence-corrected chi connectivity index (χ4v) is 1.40. The van der Waals surface area contributed by atoms with Gasteiger partial charge in [0.15, 0.2) is 0 Å². The summed E-state index contributed by atoms with van der Waals surface area (Å²) >= 11 is 0. The van der Waals surface area contributed by atoms with E-state index in [1.165, 1.54) is 12.1 Å². The molecule has 4 heteroatoms. The summed E-state index contributed by atoms with van der Waals surface area (Å²) in [7, 11) is 3.48. The Labute approximate surface area is 95.3 Å². The quantitative estimate of drug-likeness (QED) is 0.810. The first-order valence-electron chi connectivity index (χ1n) is 5.26. The molecule has 0 atom stereocenters. The monoisotopic (exact) mass is 224 g/mol. The van der Waals surface area contributed by atoms with E-state index in [4.69, 9.17) is 0 Å². The summed E-state index contributed by atoms with van der Waals surface area (Å²) in [6, 6.07) is 6.45. The van der Waals surface area contributed by atoms with Crippen LogP contribution in [-0.2, 0) is 11.2 Å². The van der Waals surface area contributed by atoms with Crippen LogP contribution in [0, 0.1) is 5.82 Å². The Morgan fingerprint density at radius 1 is 1.50 bits per heavy atom. The fraction of sp³-hybridized carbons (Fsp3) is 0.417. The van der Waals surface area contributed by atoms with Crippen LogP contribution in [0.3, 0.4) is 0 Å². The summed E-state index contributed by atoms with van der Waals surface area (Å²) in [5, 5.41) is 2.80. The summed E-state index contributed by atoms with van der Waals surface area (Å²) in [6.07, 6.45) is 0.670. The average Bonchev–Trinajstić information content (AvgIpc) is 2.26. The molecule has 1 aromatic carbocycles. The lowest BCUT2D eigenvalue weighted by molar-refractivity contribution is -0.128. The molecule has 0 saturated carbocycles. The molecule has 0 aliphatic carbocycles. The normalized spacial score (nSPS) is 10.2. The zero-order valence-electron chi connectivity index (χ0n) is 9.66. The summed E-state index contributed by atoms with van der Waals surface area (Å²) in [5.41, 5.74) is 0.907. The van der Waals surface area contributed by atoms with Crippen LogP contribution in [0.25, 0.3) is 0 Å². The first-order valence-corrected chi connectivity index (χ1v) is 5.26. The largest absolute Gasteiger partial charge is 0.344 e. The van der Waals surface area contributed by atoms with Gasteiger partial charge < -0.3 is 10.2 Å². The summed E-state index contributed by atoms with van der Waals surface area (Å²) in [6.45, 7) is 0.934. The van der Waals surface area contributed by atoms with Crippen molar-refractivity contribution in [2.75, 3.05) is 27.2 Å². The summed E-state index contributed by atoms with van der Waals surface area (Å²) in [4.78, 5) is 13.1. The number of nitrogens with one attached hydrogen (secondary N) is 1. The van der Waals surface area contributed by atoms with Crippen molar-refractivity contribution >= 4 is 5.91 Å². The van der Waals surface area contributed by atoms with Gasteiger partial charge >= 0.3 is 0 Å².